The maximum atomic E-state index is 12.1. The molecule has 0 bridgehead atoms. The molecule has 2 N–H and O–H groups in total. The number of nitrogens with one attached hydrogen (secondary N) is 2. The van der Waals surface area contributed by atoms with E-state index in [1.54, 1.807) is 0 Å². The molecule has 134 valence electrons. The van der Waals surface area contributed by atoms with Crippen LogP contribution >= 0.6 is 0 Å². The van der Waals surface area contributed by atoms with Crippen LogP contribution in [0.1, 0.15) is 73.6 Å². The highest BCUT2D eigenvalue weighted by molar-refractivity contribution is 5.77. The Morgan fingerprint density at radius 3 is 2.22 bits per heavy atom. The molecule has 1 rings (SSSR count). The van der Waals surface area contributed by atoms with Crippen LogP contribution in [-0.4, -0.2) is 30.2 Å². The third-order valence-corrected chi connectivity index (χ3v) is 4.24. The number of hydrogen-bond acceptors (Lipinski definition) is 3. The second-order valence-corrected chi connectivity index (χ2v) is 8.61. The predicted molar refractivity (Wildman–Crippen MR) is 92.2 cm³/mol. The zero-order valence-electron chi connectivity index (χ0n) is 15.6. The number of rotatable bonds is 4. The van der Waals surface area contributed by atoms with Crippen molar-refractivity contribution in [1.29, 1.82) is 0 Å². The van der Waals surface area contributed by atoms with E-state index in [-0.39, 0.29) is 23.8 Å². The van der Waals surface area contributed by atoms with Gasteiger partial charge in [-0.05, 0) is 44.9 Å². The lowest BCUT2D eigenvalue weighted by molar-refractivity contribution is -0.122. The summed E-state index contributed by atoms with van der Waals surface area (Å²) >= 11 is 0. The molecule has 0 spiro atoms. The minimum Gasteiger partial charge on any atom is -0.444 e. The van der Waals surface area contributed by atoms with Gasteiger partial charge in [-0.1, -0.05) is 33.6 Å². The van der Waals surface area contributed by atoms with Crippen LogP contribution in [-0.2, 0) is 9.53 Å². The van der Waals surface area contributed by atoms with E-state index in [1.165, 1.54) is 19.3 Å². The summed E-state index contributed by atoms with van der Waals surface area (Å²) in [5.74, 6) is 0.515. The fourth-order valence-corrected chi connectivity index (χ4v) is 3.21. The van der Waals surface area contributed by atoms with Crippen LogP contribution in [0.3, 0.4) is 0 Å². The Morgan fingerprint density at radius 1 is 1.04 bits per heavy atom. The number of alkyl carbamates (subject to hydrolysis) is 1. The van der Waals surface area contributed by atoms with Gasteiger partial charge in [0, 0.05) is 19.0 Å². The van der Waals surface area contributed by atoms with E-state index in [0.717, 1.165) is 6.42 Å². The van der Waals surface area contributed by atoms with E-state index in [0.29, 0.717) is 12.5 Å². The monoisotopic (exact) mass is 326 g/mol. The molecule has 2 amide bonds. The molecular weight excluding hydrogens is 292 g/mol. The lowest BCUT2D eigenvalue weighted by atomic mass is 9.69. The van der Waals surface area contributed by atoms with Gasteiger partial charge in [-0.25, -0.2) is 4.79 Å². The van der Waals surface area contributed by atoms with E-state index >= 15 is 0 Å². The minimum absolute atomic E-state index is 0.00205. The fraction of sp³-hybridized carbons (Fsp3) is 0.889. The third kappa shape index (κ3) is 7.71. The van der Waals surface area contributed by atoms with Crippen LogP contribution in [0.5, 0.6) is 0 Å². The van der Waals surface area contributed by atoms with Gasteiger partial charge in [0.05, 0.1) is 0 Å². The molecule has 0 aromatic heterocycles. The van der Waals surface area contributed by atoms with Crippen LogP contribution in [0.4, 0.5) is 4.79 Å². The summed E-state index contributed by atoms with van der Waals surface area (Å²) in [6, 6.07) is 0.248. The minimum atomic E-state index is -0.519. The first-order valence-corrected chi connectivity index (χ1v) is 8.75. The molecule has 1 fully saturated rings. The summed E-state index contributed by atoms with van der Waals surface area (Å²) in [6.07, 6.45) is 4.45. The first-order valence-electron chi connectivity index (χ1n) is 8.75. The summed E-state index contributed by atoms with van der Waals surface area (Å²) in [4.78, 5) is 23.7. The highest BCUT2D eigenvalue weighted by Gasteiger charge is 2.34. The van der Waals surface area contributed by atoms with Crippen molar-refractivity contribution < 1.29 is 14.3 Å². The SMILES string of the molecule is CC(C)(C)OC(=O)NCCC(=O)NC1CCCCC1C(C)(C)C. The fourth-order valence-electron chi connectivity index (χ4n) is 3.21. The molecule has 1 aliphatic rings. The Bertz CT molecular complexity index is 407. The highest BCUT2D eigenvalue weighted by Crippen LogP contribution is 2.37. The smallest absolute Gasteiger partial charge is 0.407 e. The van der Waals surface area contributed by atoms with Gasteiger partial charge in [0.1, 0.15) is 5.60 Å². The Morgan fingerprint density at radius 2 is 1.65 bits per heavy atom. The van der Waals surface area contributed by atoms with E-state index in [9.17, 15) is 9.59 Å². The maximum absolute atomic E-state index is 12.1. The van der Waals surface area contributed by atoms with Gasteiger partial charge in [-0.15, -0.1) is 0 Å². The highest BCUT2D eigenvalue weighted by atomic mass is 16.6. The van der Waals surface area contributed by atoms with E-state index in [4.69, 9.17) is 4.74 Å². The standard InChI is InChI=1S/C18H34N2O3/c1-17(2,3)13-9-7-8-10-14(13)20-15(21)11-12-19-16(22)23-18(4,5)6/h13-14H,7-12H2,1-6H3,(H,19,22)(H,20,21). The Balaban J connectivity index is 2.36. The summed E-state index contributed by atoms with van der Waals surface area (Å²) in [5, 5.41) is 5.79. The van der Waals surface area contributed by atoms with Gasteiger partial charge in [0.15, 0.2) is 0 Å². The first kappa shape index (κ1) is 19.8. The Kier molecular flexibility index (Phi) is 6.90. The molecule has 5 heteroatoms. The zero-order chi connectivity index (χ0) is 17.7. The summed E-state index contributed by atoms with van der Waals surface area (Å²) in [5.41, 5.74) is -0.318. The Hall–Kier alpha value is -1.26. The number of ether oxygens (including phenoxy) is 1. The number of amides is 2. The lowest BCUT2D eigenvalue weighted by Gasteiger charge is -2.40. The molecule has 23 heavy (non-hydrogen) atoms. The van der Waals surface area contributed by atoms with Gasteiger partial charge >= 0.3 is 6.09 Å². The molecule has 0 aromatic carbocycles. The van der Waals surface area contributed by atoms with Gasteiger partial charge < -0.3 is 15.4 Å². The maximum Gasteiger partial charge on any atom is 0.407 e. The molecule has 0 aromatic rings. The molecular formula is C18H34N2O3. The normalized spacial score (nSPS) is 22.3. The molecule has 0 heterocycles. The number of carbonyl (C=O) groups is 2. The third-order valence-electron chi connectivity index (χ3n) is 4.24. The average molecular weight is 326 g/mol. The molecule has 2 atom stereocenters. The van der Waals surface area contributed by atoms with Crippen LogP contribution in [0.15, 0.2) is 0 Å². The van der Waals surface area contributed by atoms with Crippen molar-refractivity contribution in [3.05, 3.63) is 0 Å². The second-order valence-electron chi connectivity index (χ2n) is 8.61. The van der Waals surface area contributed by atoms with Crippen molar-refractivity contribution in [3.8, 4) is 0 Å². The quantitative estimate of drug-likeness (QED) is 0.829. The summed E-state index contributed by atoms with van der Waals surface area (Å²) in [7, 11) is 0. The predicted octanol–water partition coefficient (Wildman–Crippen LogP) is 3.62. The molecule has 0 radical (unpaired) electrons. The van der Waals surface area contributed by atoms with E-state index in [2.05, 4.69) is 31.4 Å². The molecule has 0 saturated heterocycles. The van der Waals surface area contributed by atoms with Crippen molar-refractivity contribution in [1.82, 2.24) is 10.6 Å². The average Bonchev–Trinajstić information content (AvgIpc) is 2.35. The second kappa shape index (κ2) is 8.02. The summed E-state index contributed by atoms with van der Waals surface area (Å²) in [6.45, 7) is 12.5. The van der Waals surface area contributed by atoms with Crippen molar-refractivity contribution in [2.75, 3.05) is 6.54 Å². The molecule has 0 aliphatic heterocycles. The van der Waals surface area contributed by atoms with Crippen LogP contribution < -0.4 is 10.6 Å². The van der Waals surface area contributed by atoms with Gasteiger partial charge in [-0.2, -0.15) is 0 Å². The zero-order valence-corrected chi connectivity index (χ0v) is 15.6. The topological polar surface area (TPSA) is 67.4 Å². The molecule has 2 unspecified atom stereocenters. The van der Waals surface area contributed by atoms with Crippen molar-refractivity contribution in [2.45, 2.75) is 85.3 Å². The van der Waals surface area contributed by atoms with Gasteiger partial charge in [0.2, 0.25) is 5.91 Å². The van der Waals surface area contributed by atoms with Gasteiger partial charge in [-0.3, -0.25) is 4.79 Å². The molecule has 1 aliphatic carbocycles. The van der Waals surface area contributed by atoms with Gasteiger partial charge in [0.25, 0.3) is 0 Å². The van der Waals surface area contributed by atoms with Crippen LogP contribution in [0, 0.1) is 11.3 Å². The van der Waals surface area contributed by atoms with E-state index in [1.807, 2.05) is 20.8 Å². The number of carbonyl (C=O) groups excluding carboxylic acids is 2. The van der Waals surface area contributed by atoms with Crippen molar-refractivity contribution >= 4 is 12.0 Å². The van der Waals surface area contributed by atoms with Crippen LogP contribution in [0.25, 0.3) is 0 Å². The molecule has 5 nitrogen and oxygen atoms in total. The lowest BCUT2D eigenvalue weighted by Crippen LogP contribution is -2.47. The van der Waals surface area contributed by atoms with E-state index < -0.39 is 11.7 Å². The molecule has 1 saturated carbocycles. The Labute approximate surface area is 140 Å². The van der Waals surface area contributed by atoms with Crippen molar-refractivity contribution in [3.63, 3.8) is 0 Å². The van der Waals surface area contributed by atoms with Crippen molar-refractivity contribution in [2.24, 2.45) is 11.3 Å². The largest absolute Gasteiger partial charge is 0.444 e. The van der Waals surface area contributed by atoms with Crippen LogP contribution in [0.2, 0.25) is 0 Å². The number of hydrogen-bond donors (Lipinski definition) is 2. The summed E-state index contributed by atoms with van der Waals surface area (Å²) < 4.78 is 5.15. The first-order chi connectivity index (χ1) is 10.5.